The molecule has 1 aliphatic rings. The SMILES string of the molecule is CC1(C)CCCN(c2ccc(C(=N)N)cc2Br)C1. The van der Waals surface area contributed by atoms with E-state index in [1.807, 2.05) is 12.1 Å². The summed E-state index contributed by atoms with van der Waals surface area (Å²) in [5, 5.41) is 7.45. The molecule has 0 atom stereocenters. The number of hydrogen-bond acceptors (Lipinski definition) is 2. The van der Waals surface area contributed by atoms with Crippen LogP contribution in [0.15, 0.2) is 22.7 Å². The summed E-state index contributed by atoms with van der Waals surface area (Å²) in [6.45, 7) is 6.81. The van der Waals surface area contributed by atoms with Crippen molar-refractivity contribution in [2.24, 2.45) is 11.1 Å². The molecule has 1 fully saturated rings. The van der Waals surface area contributed by atoms with E-state index in [4.69, 9.17) is 11.1 Å². The van der Waals surface area contributed by atoms with Gasteiger partial charge in [0.1, 0.15) is 5.84 Å². The summed E-state index contributed by atoms with van der Waals surface area (Å²) in [7, 11) is 0. The molecule has 0 spiro atoms. The molecule has 0 radical (unpaired) electrons. The summed E-state index contributed by atoms with van der Waals surface area (Å²) >= 11 is 3.59. The molecule has 18 heavy (non-hydrogen) atoms. The number of anilines is 1. The zero-order chi connectivity index (χ0) is 13.3. The van der Waals surface area contributed by atoms with Crippen molar-refractivity contribution >= 4 is 27.5 Å². The first kappa shape index (κ1) is 13.4. The molecule has 98 valence electrons. The lowest BCUT2D eigenvalue weighted by Crippen LogP contribution is -2.40. The molecule has 0 amide bonds. The minimum absolute atomic E-state index is 0.112. The van der Waals surface area contributed by atoms with Crippen molar-refractivity contribution in [2.75, 3.05) is 18.0 Å². The van der Waals surface area contributed by atoms with Gasteiger partial charge in [0.25, 0.3) is 0 Å². The lowest BCUT2D eigenvalue weighted by atomic mass is 9.84. The smallest absolute Gasteiger partial charge is 0.122 e. The Bertz CT molecular complexity index is 468. The normalized spacial score (nSPS) is 18.7. The molecule has 1 aromatic carbocycles. The van der Waals surface area contributed by atoms with Crippen LogP contribution in [0.3, 0.4) is 0 Å². The highest BCUT2D eigenvalue weighted by molar-refractivity contribution is 9.10. The number of nitrogens with one attached hydrogen (secondary N) is 1. The number of benzene rings is 1. The van der Waals surface area contributed by atoms with E-state index < -0.39 is 0 Å². The van der Waals surface area contributed by atoms with Gasteiger partial charge in [-0.15, -0.1) is 0 Å². The quantitative estimate of drug-likeness (QED) is 0.650. The number of hydrogen-bond donors (Lipinski definition) is 2. The first-order valence-corrected chi connectivity index (χ1v) is 7.07. The molecule has 4 heteroatoms. The molecule has 1 heterocycles. The summed E-state index contributed by atoms with van der Waals surface area (Å²) in [6, 6.07) is 5.91. The molecule has 3 nitrogen and oxygen atoms in total. The number of nitrogens with two attached hydrogens (primary N) is 1. The van der Waals surface area contributed by atoms with Crippen LogP contribution in [0.2, 0.25) is 0 Å². The third kappa shape index (κ3) is 2.86. The van der Waals surface area contributed by atoms with Crippen LogP contribution in [0.25, 0.3) is 0 Å². The summed E-state index contributed by atoms with van der Waals surface area (Å²) < 4.78 is 1.02. The maximum atomic E-state index is 7.45. The Morgan fingerprint density at radius 1 is 1.44 bits per heavy atom. The molecule has 1 aromatic rings. The molecule has 2 rings (SSSR count). The Morgan fingerprint density at radius 3 is 2.72 bits per heavy atom. The summed E-state index contributed by atoms with van der Waals surface area (Å²) in [6.07, 6.45) is 2.51. The van der Waals surface area contributed by atoms with Crippen LogP contribution in [-0.4, -0.2) is 18.9 Å². The van der Waals surface area contributed by atoms with Gasteiger partial charge in [-0.3, -0.25) is 5.41 Å². The van der Waals surface area contributed by atoms with Gasteiger partial charge in [0.15, 0.2) is 0 Å². The zero-order valence-electron chi connectivity index (χ0n) is 11.0. The number of halogens is 1. The van der Waals surface area contributed by atoms with E-state index in [2.05, 4.69) is 40.7 Å². The Labute approximate surface area is 117 Å². The monoisotopic (exact) mass is 309 g/mol. The molecule has 1 saturated heterocycles. The average Bonchev–Trinajstić information content (AvgIpc) is 2.27. The van der Waals surface area contributed by atoms with Crippen molar-refractivity contribution in [3.63, 3.8) is 0 Å². The van der Waals surface area contributed by atoms with Crippen molar-refractivity contribution in [3.8, 4) is 0 Å². The minimum Gasteiger partial charge on any atom is -0.384 e. The van der Waals surface area contributed by atoms with Crippen molar-refractivity contribution in [3.05, 3.63) is 28.2 Å². The standard InChI is InChI=1S/C14H20BrN3/c1-14(2)6-3-7-18(9-14)12-5-4-10(13(16)17)8-11(12)15/h4-5,8H,3,6-7,9H2,1-2H3,(H3,16,17). The number of nitrogen functional groups attached to an aromatic ring is 1. The van der Waals surface area contributed by atoms with Crippen LogP contribution >= 0.6 is 15.9 Å². The van der Waals surface area contributed by atoms with Crippen LogP contribution in [0.5, 0.6) is 0 Å². The van der Waals surface area contributed by atoms with E-state index in [-0.39, 0.29) is 5.84 Å². The fourth-order valence-electron chi connectivity index (χ4n) is 2.56. The van der Waals surface area contributed by atoms with Gasteiger partial charge in [-0.05, 0) is 52.4 Å². The van der Waals surface area contributed by atoms with Crippen LogP contribution in [0, 0.1) is 10.8 Å². The van der Waals surface area contributed by atoms with Crippen molar-refractivity contribution in [1.82, 2.24) is 0 Å². The van der Waals surface area contributed by atoms with Gasteiger partial charge >= 0.3 is 0 Å². The molecular weight excluding hydrogens is 290 g/mol. The number of amidine groups is 1. The third-order valence-corrected chi connectivity index (χ3v) is 4.14. The van der Waals surface area contributed by atoms with Gasteiger partial charge in [0.05, 0.1) is 5.69 Å². The predicted molar refractivity (Wildman–Crippen MR) is 80.4 cm³/mol. The second kappa shape index (κ2) is 4.92. The van der Waals surface area contributed by atoms with Gasteiger partial charge in [-0.2, -0.15) is 0 Å². The summed E-state index contributed by atoms with van der Waals surface area (Å²) in [5.74, 6) is 0.112. The largest absolute Gasteiger partial charge is 0.384 e. The van der Waals surface area contributed by atoms with E-state index in [9.17, 15) is 0 Å². The molecule has 0 saturated carbocycles. The zero-order valence-corrected chi connectivity index (χ0v) is 12.5. The van der Waals surface area contributed by atoms with Gasteiger partial charge in [0, 0.05) is 23.1 Å². The van der Waals surface area contributed by atoms with Crippen molar-refractivity contribution in [2.45, 2.75) is 26.7 Å². The Hall–Kier alpha value is -1.03. The third-order valence-electron chi connectivity index (χ3n) is 3.50. The number of nitrogens with zero attached hydrogens (tertiary/aromatic N) is 1. The minimum atomic E-state index is 0.112. The highest BCUT2D eigenvalue weighted by Gasteiger charge is 2.27. The second-order valence-corrected chi connectivity index (χ2v) is 6.62. The molecule has 1 aliphatic heterocycles. The van der Waals surface area contributed by atoms with Crippen LogP contribution in [0.1, 0.15) is 32.3 Å². The second-order valence-electron chi connectivity index (χ2n) is 5.77. The molecule has 3 N–H and O–H groups in total. The van der Waals surface area contributed by atoms with E-state index in [0.29, 0.717) is 5.41 Å². The van der Waals surface area contributed by atoms with E-state index in [0.717, 1.165) is 23.1 Å². The number of piperidine rings is 1. The van der Waals surface area contributed by atoms with E-state index >= 15 is 0 Å². The molecule has 0 aromatic heterocycles. The average molecular weight is 310 g/mol. The van der Waals surface area contributed by atoms with E-state index in [1.54, 1.807) is 0 Å². The molecule has 0 bridgehead atoms. The molecular formula is C14H20BrN3. The van der Waals surface area contributed by atoms with Gasteiger partial charge in [0.2, 0.25) is 0 Å². The first-order chi connectivity index (χ1) is 8.39. The highest BCUT2D eigenvalue weighted by Crippen LogP contribution is 2.35. The lowest BCUT2D eigenvalue weighted by Gasteiger charge is -2.39. The Morgan fingerprint density at radius 2 is 2.17 bits per heavy atom. The Kier molecular flexibility index (Phi) is 3.66. The van der Waals surface area contributed by atoms with E-state index in [1.165, 1.54) is 18.5 Å². The van der Waals surface area contributed by atoms with Crippen LogP contribution in [-0.2, 0) is 0 Å². The summed E-state index contributed by atoms with van der Waals surface area (Å²) in [5.41, 5.74) is 7.84. The summed E-state index contributed by atoms with van der Waals surface area (Å²) in [4.78, 5) is 2.41. The Balaban J connectivity index is 2.26. The van der Waals surface area contributed by atoms with Gasteiger partial charge in [-0.25, -0.2) is 0 Å². The maximum Gasteiger partial charge on any atom is 0.122 e. The topological polar surface area (TPSA) is 53.1 Å². The van der Waals surface area contributed by atoms with Crippen LogP contribution < -0.4 is 10.6 Å². The first-order valence-electron chi connectivity index (χ1n) is 6.28. The lowest BCUT2D eigenvalue weighted by molar-refractivity contribution is 0.293. The van der Waals surface area contributed by atoms with Crippen molar-refractivity contribution < 1.29 is 0 Å². The fraction of sp³-hybridized carbons (Fsp3) is 0.500. The predicted octanol–water partition coefficient (Wildman–Crippen LogP) is 3.36. The van der Waals surface area contributed by atoms with Gasteiger partial charge in [-0.1, -0.05) is 13.8 Å². The van der Waals surface area contributed by atoms with Crippen molar-refractivity contribution in [1.29, 1.82) is 5.41 Å². The highest BCUT2D eigenvalue weighted by atomic mass is 79.9. The molecule has 0 unspecified atom stereocenters. The fourth-order valence-corrected chi connectivity index (χ4v) is 3.19. The number of rotatable bonds is 2. The van der Waals surface area contributed by atoms with Gasteiger partial charge < -0.3 is 10.6 Å². The van der Waals surface area contributed by atoms with Crippen LogP contribution in [0.4, 0.5) is 5.69 Å². The molecule has 0 aliphatic carbocycles. The maximum absolute atomic E-state index is 7.45.